The summed E-state index contributed by atoms with van der Waals surface area (Å²) in [5.41, 5.74) is 5.82. The van der Waals surface area contributed by atoms with Crippen LogP contribution in [-0.4, -0.2) is 67.9 Å². The van der Waals surface area contributed by atoms with Crippen molar-refractivity contribution < 1.29 is 28.5 Å². The van der Waals surface area contributed by atoms with Gasteiger partial charge in [0.15, 0.2) is 18.2 Å². The van der Waals surface area contributed by atoms with Crippen molar-refractivity contribution in [2.75, 3.05) is 11.9 Å². The number of nitrogens with one attached hydrogen (secondary N) is 1. The molecular formula is C29H38N3NaO6S. The van der Waals surface area contributed by atoms with E-state index in [0.29, 0.717) is 35.9 Å². The van der Waals surface area contributed by atoms with Gasteiger partial charge >= 0.3 is 29.6 Å². The van der Waals surface area contributed by atoms with Gasteiger partial charge in [-0.2, -0.15) is 0 Å². The van der Waals surface area contributed by atoms with Crippen LogP contribution in [0.1, 0.15) is 64.5 Å². The van der Waals surface area contributed by atoms with Crippen molar-refractivity contribution in [3.8, 4) is 5.75 Å². The zero-order valence-corrected chi connectivity index (χ0v) is 23.5. The van der Waals surface area contributed by atoms with Crippen LogP contribution in [0.3, 0.4) is 0 Å². The summed E-state index contributed by atoms with van der Waals surface area (Å²) in [6.45, 7) is 8.09. The number of ether oxygens (including phenoxy) is 1. The van der Waals surface area contributed by atoms with Crippen LogP contribution in [0.25, 0.3) is 5.76 Å². The molecule has 40 heavy (non-hydrogen) atoms. The van der Waals surface area contributed by atoms with Crippen molar-refractivity contribution in [3.05, 3.63) is 59.2 Å². The van der Waals surface area contributed by atoms with Crippen molar-refractivity contribution in [2.45, 2.75) is 63.7 Å². The van der Waals surface area contributed by atoms with Crippen LogP contribution < -0.4 is 15.8 Å². The van der Waals surface area contributed by atoms with E-state index >= 15 is 0 Å². The number of aliphatic hydroxyl groups is 1. The Labute approximate surface area is 259 Å². The molecule has 2 aliphatic rings. The topological polar surface area (TPSA) is 154 Å². The second kappa shape index (κ2) is 12.7. The summed E-state index contributed by atoms with van der Waals surface area (Å²) in [4.78, 5) is 25.6. The number of nitrogens with zero attached hydrogens (tertiary/aromatic N) is 1. The summed E-state index contributed by atoms with van der Waals surface area (Å²) in [7, 11) is -3.78. The number of ketones is 1. The van der Waals surface area contributed by atoms with Crippen LogP contribution in [0.5, 0.6) is 5.75 Å². The maximum absolute atomic E-state index is 14.5. The number of aliphatic hydroxyl groups excluding tert-OH is 1. The second-order valence-electron chi connectivity index (χ2n) is 11.0. The molecule has 0 bridgehead atoms. The number of hydrogen-bond donors (Lipinski definition) is 5. The number of amidine groups is 1. The number of carbonyl (C=O) groups is 2. The van der Waals surface area contributed by atoms with Crippen molar-refractivity contribution in [1.82, 2.24) is 0 Å². The number of nitrogens with two attached hydrogens (primary N) is 1. The molecule has 0 saturated heterocycles. The first kappa shape index (κ1) is 32.2. The average molecular weight is 580 g/mol. The van der Waals surface area contributed by atoms with E-state index in [1.165, 1.54) is 18.2 Å². The summed E-state index contributed by atoms with van der Waals surface area (Å²) in [5.74, 6) is -0.367. The van der Waals surface area contributed by atoms with E-state index in [0.717, 1.165) is 18.4 Å². The molecule has 212 valence electrons. The molecule has 1 amide bonds. The number of benzene rings is 2. The monoisotopic (exact) mass is 579 g/mol. The fraction of sp³-hybridized carbons (Fsp3) is 0.414. The SMILES string of the molecule is CC(C)CCC1(CCC(C)C)C(=O)C(C2=NS(O)(O)c3cc(OCC(N)=O)ccc3N2)=C(O)c2ccccc21.[NaH]. The van der Waals surface area contributed by atoms with E-state index in [1.807, 2.05) is 18.2 Å². The van der Waals surface area contributed by atoms with E-state index < -0.39 is 22.1 Å². The van der Waals surface area contributed by atoms with E-state index in [4.69, 9.17) is 10.5 Å². The Bertz CT molecular complexity index is 1340. The number of rotatable bonds is 10. The predicted octanol–water partition coefficient (Wildman–Crippen LogP) is 5.41. The molecule has 1 heterocycles. The number of anilines is 1. The summed E-state index contributed by atoms with van der Waals surface area (Å²) in [6, 6.07) is 11.8. The molecule has 2 aromatic rings. The van der Waals surface area contributed by atoms with E-state index in [9.17, 15) is 23.8 Å². The van der Waals surface area contributed by atoms with Crippen LogP contribution in [0.2, 0.25) is 0 Å². The Morgan fingerprint density at radius 1 is 1.07 bits per heavy atom. The Hall–Kier alpha value is -2.34. The molecule has 0 fully saturated rings. The first-order valence-electron chi connectivity index (χ1n) is 13.1. The third-order valence-electron chi connectivity index (χ3n) is 7.23. The fourth-order valence-electron chi connectivity index (χ4n) is 5.13. The number of carbonyl (C=O) groups excluding carboxylic acids is 2. The first-order valence-corrected chi connectivity index (χ1v) is 14.6. The second-order valence-corrected chi connectivity index (χ2v) is 12.7. The standard InChI is InChI=1S/C29H37N3O6S.Na.H/c1-17(2)11-13-29(14-12-18(3)4)21-8-6-5-7-20(21)26(34)25(27(29)35)28-31-22-10-9-19(38-16-24(30)33)15-23(22)39(36,37)32-28;;/h5-10,15,17-18,34,36-37H,11-14,16H2,1-4H3,(H2,30,33)(H,31,32);;. The first-order chi connectivity index (χ1) is 18.4. The van der Waals surface area contributed by atoms with Crippen molar-refractivity contribution in [3.63, 3.8) is 0 Å². The maximum atomic E-state index is 14.5. The quantitative estimate of drug-likeness (QED) is 0.236. The normalized spacial score (nSPS) is 17.8. The van der Waals surface area contributed by atoms with Crippen molar-refractivity contribution in [1.29, 1.82) is 0 Å². The van der Waals surface area contributed by atoms with Crippen LogP contribution in [-0.2, 0) is 15.0 Å². The number of fused-ring (bicyclic) bond motifs is 2. The average Bonchev–Trinajstić information content (AvgIpc) is 2.87. The number of amides is 1. The number of hydrogen-bond acceptors (Lipinski definition) is 8. The van der Waals surface area contributed by atoms with Crippen molar-refractivity contribution >= 4 is 69.3 Å². The van der Waals surface area contributed by atoms with Gasteiger partial charge < -0.3 is 20.9 Å². The van der Waals surface area contributed by atoms with E-state index in [-0.39, 0.29) is 69.8 Å². The molecule has 4 rings (SSSR count). The minimum atomic E-state index is -3.78. The summed E-state index contributed by atoms with van der Waals surface area (Å²) in [6.07, 6.45) is 2.78. The third-order valence-corrected chi connectivity index (χ3v) is 8.60. The minimum absolute atomic E-state index is 0. The van der Waals surface area contributed by atoms with Crippen LogP contribution in [0.15, 0.2) is 57.3 Å². The number of Topliss-reactive ketones (excluding diaryl/α,β-unsaturated/α-hetero) is 1. The van der Waals surface area contributed by atoms with Gasteiger partial charge in [0.25, 0.3) is 5.91 Å². The van der Waals surface area contributed by atoms with Gasteiger partial charge in [0.05, 0.1) is 11.1 Å². The molecule has 9 nitrogen and oxygen atoms in total. The molecule has 0 atom stereocenters. The van der Waals surface area contributed by atoms with Crippen LogP contribution in [0.4, 0.5) is 5.69 Å². The molecule has 0 aromatic heterocycles. The van der Waals surface area contributed by atoms with Gasteiger partial charge in [0.1, 0.15) is 22.0 Å². The van der Waals surface area contributed by atoms with Gasteiger partial charge in [-0.3, -0.25) is 18.7 Å². The molecule has 1 aliphatic heterocycles. The molecule has 0 radical (unpaired) electrons. The van der Waals surface area contributed by atoms with Gasteiger partial charge in [-0.1, -0.05) is 62.7 Å². The molecule has 2 aromatic carbocycles. The predicted molar refractivity (Wildman–Crippen MR) is 161 cm³/mol. The molecule has 0 saturated carbocycles. The molecule has 0 unspecified atom stereocenters. The fourth-order valence-corrected chi connectivity index (χ4v) is 6.31. The Morgan fingerprint density at radius 2 is 1.70 bits per heavy atom. The molecule has 11 heteroatoms. The Kier molecular flexibility index (Phi) is 10.2. The Morgan fingerprint density at radius 3 is 2.30 bits per heavy atom. The summed E-state index contributed by atoms with van der Waals surface area (Å²) in [5, 5.41) is 14.5. The summed E-state index contributed by atoms with van der Waals surface area (Å²) < 4.78 is 31.5. The van der Waals surface area contributed by atoms with Gasteiger partial charge in [-0.25, -0.2) is 0 Å². The zero-order chi connectivity index (χ0) is 28.5. The van der Waals surface area contributed by atoms with Crippen LogP contribution in [0, 0.1) is 11.8 Å². The van der Waals surface area contributed by atoms with Gasteiger partial charge in [-0.15, -0.1) is 4.40 Å². The zero-order valence-electron chi connectivity index (χ0n) is 22.7. The molecule has 0 spiro atoms. The summed E-state index contributed by atoms with van der Waals surface area (Å²) >= 11 is 0. The van der Waals surface area contributed by atoms with Crippen LogP contribution >= 0.6 is 10.8 Å². The van der Waals surface area contributed by atoms with Gasteiger partial charge in [0, 0.05) is 11.6 Å². The van der Waals surface area contributed by atoms with E-state index in [2.05, 4.69) is 37.4 Å². The number of primary amides is 1. The molecule has 6 N–H and O–H groups in total. The van der Waals surface area contributed by atoms with E-state index in [1.54, 1.807) is 6.07 Å². The Balaban J connectivity index is 0.00000441. The molecular weight excluding hydrogens is 541 g/mol. The van der Waals surface area contributed by atoms with Gasteiger partial charge in [-0.05, 0) is 55.2 Å². The van der Waals surface area contributed by atoms with Gasteiger partial charge in [0.2, 0.25) is 0 Å². The molecule has 1 aliphatic carbocycles. The third kappa shape index (κ3) is 6.42. The van der Waals surface area contributed by atoms with Crippen molar-refractivity contribution in [2.24, 2.45) is 22.0 Å².